The second-order valence-corrected chi connectivity index (χ2v) is 12.2. The highest BCUT2D eigenvalue weighted by Gasteiger charge is 2.86. The van der Waals surface area contributed by atoms with Gasteiger partial charge in [0.1, 0.15) is 5.71 Å². The molecule has 13 heteroatoms. The normalized spacial score (nSPS) is 27.3. The number of non-ortho nitro benzene ring substituents is 1. The summed E-state index contributed by atoms with van der Waals surface area (Å²) in [5.74, 6) is -6.22. The molecule has 0 radical (unpaired) electrons. The maximum Gasteiger partial charge on any atom is 0.433 e. The van der Waals surface area contributed by atoms with Crippen molar-refractivity contribution >= 4 is 11.4 Å². The van der Waals surface area contributed by atoms with E-state index in [1.807, 2.05) is 0 Å². The van der Waals surface area contributed by atoms with Crippen molar-refractivity contribution in [2.24, 2.45) is 22.7 Å². The van der Waals surface area contributed by atoms with E-state index in [1.54, 1.807) is 0 Å². The number of halogens is 8. The summed E-state index contributed by atoms with van der Waals surface area (Å²) < 4.78 is 126. The van der Waals surface area contributed by atoms with Crippen LogP contribution in [0.5, 0.6) is 0 Å². The summed E-state index contributed by atoms with van der Waals surface area (Å²) in [6.45, 7) is 0. The van der Waals surface area contributed by atoms with E-state index in [9.17, 15) is 36.5 Å². The van der Waals surface area contributed by atoms with Gasteiger partial charge in [0.05, 0.1) is 10.5 Å². The first-order chi connectivity index (χ1) is 19.5. The molecule has 4 saturated carbocycles. The van der Waals surface area contributed by atoms with E-state index in [0.29, 0.717) is 37.4 Å². The summed E-state index contributed by atoms with van der Waals surface area (Å²) in [7, 11) is 0.706. The molecule has 0 N–H and O–H groups in total. The molecule has 0 amide bonds. The van der Waals surface area contributed by atoms with Crippen molar-refractivity contribution < 1.29 is 44.8 Å². The van der Waals surface area contributed by atoms with Gasteiger partial charge in [0.15, 0.2) is 0 Å². The number of aliphatic imine (C=N–C) groups is 1. The first-order valence-electron chi connectivity index (χ1n) is 13.6. The van der Waals surface area contributed by atoms with Crippen LogP contribution in [0.4, 0.5) is 40.8 Å². The van der Waals surface area contributed by atoms with Gasteiger partial charge in [0, 0.05) is 24.7 Å². The lowest BCUT2D eigenvalue weighted by Crippen LogP contribution is -2.74. The number of rotatable bonds is 6. The molecule has 7 rings (SSSR count). The second-order valence-electron chi connectivity index (χ2n) is 12.2. The molecule has 0 unspecified atom stereocenters. The zero-order valence-electron chi connectivity index (χ0n) is 22.3. The van der Waals surface area contributed by atoms with Gasteiger partial charge in [-0.25, -0.2) is 0 Å². The Kier molecular flexibility index (Phi) is 6.36. The van der Waals surface area contributed by atoms with Crippen molar-refractivity contribution in [2.45, 2.75) is 74.4 Å². The molecule has 4 bridgehead atoms. The molecule has 42 heavy (non-hydrogen) atoms. The van der Waals surface area contributed by atoms with Crippen LogP contribution in [0.1, 0.15) is 55.2 Å². The number of hydrogen-bond donors (Lipinski definition) is 0. The molecule has 0 heterocycles. The molecule has 5 aliphatic rings. The standard InChI is InChI=1S/C29H26F8N2O3/c1-38-24(20-3-2-18-9-19-4-5-21(39(40)41)11-23(19)22(18)10-20)26(30,31)27(28(32,33)34,29(35,36)37)42-25-12-15-6-16(13-25)8-17(7-15)14-25/h2-5,10-11,15-17H,6-9,12-14H2,1H3/b38-24-. The van der Waals surface area contributed by atoms with Gasteiger partial charge < -0.3 is 4.74 Å². The van der Waals surface area contributed by atoms with Crippen LogP contribution in [0.25, 0.3) is 11.1 Å². The Morgan fingerprint density at radius 2 is 1.36 bits per heavy atom. The van der Waals surface area contributed by atoms with Crippen molar-refractivity contribution in [2.75, 3.05) is 7.05 Å². The molecule has 0 aliphatic heterocycles. The van der Waals surface area contributed by atoms with Crippen molar-refractivity contribution in [1.82, 2.24) is 0 Å². The van der Waals surface area contributed by atoms with Crippen LogP contribution < -0.4 is 0 Å². The Morgan fingerprint density at radius 1 is 0.857 bits per heavy atom. The summed E-state index contributed by atoms with van der Waals surface area (Å²) in [6, 6.07) is 7.23. The number of nitro groups is 1. The minimum Gasteiger partial charge on any atom is -0.346 e. The van der Waals surface area contributed by atoms with E-state index in [4.69, 9.17) is 4.74 Å². The minimum atomic E-state index is -6.56. The summed E-state index contributed by atoms with van der Waals surface area (Å²) >= 11 is 0. The highest BCUT2D eigenvalue weighted by Crippen LogP contribution is 2.63. The minimum absolute atomic E-state index is 0.142. The van der Waals surface area contributed by atoms with Gasteiger partial charge in [0.25, 0.3) is 5.69 Å². The van der Waals surface area contributed by atoms with Crippen LogP contribution in [0.15, 0.2) is 41.4 Å². The number of ether oxygens (including phenoxy) is 1. The number of nitro benzene ring substituents is 1. The number of fused-ring (bicyclic) bond motifs is 3. The quantitative estimate of drug-likeness (QED) is 0.124. The summed E-state index contributed by atoms with van der Waals surface area (Å²) in [4.78, 5) is 13.9. The highest BCUT2D eigenvalue weighted by atomic mass is 19.4. The Bertz CT molecular complexity index is 1430. The van der Waals surface area contributed by atoms with Crippen molar-refractivity contribution in [3.63, 3.8) is 0 Å². The molecular formula is C29H26F8N2O3. The van der Waals surface area contributed by atoms with Crippen LogP contribution in [0.3, 0.4) is 0 Å². The van der Waals surface area contributed by atoms with E-state index in [2.05, 4.69) is 4.99 Å². The lowest BCUT2D eigenvalue weighted by Gasteiger charge is -2.59. The van der Waals surface area contributed by atoms with Gasteiger partial charge in [-0.3, -0.25) is 15.1 Å². The SMILES string of the molecule is C/N=C(/c1ccc2c(c1)-c1cc([N+](=O)[O-])ccc1C2)C(F)(F)C(OC12CC3CC(CC(C3)C1)C2)(C(F)(F)F)C(F)(F)F. The molecule has 2 aromatic carbocycles. The molecule has 0 saturated heterocycles. The maximum absolute atomic E-state index is 16.4. The topological polar surface area (TPSA) is 64.7 Å². The predicted octanol–water partition coefficient (Wildman–Crippen LogP) is 8.07. The first-order valence-corrected chi connectivity index (χ1v) is 13.6. The van der Waals surface area contributed by atoms with Gasteiger partial charge >= 0.3 is 23.9 Å². The number of hydrogen-bond acceptors (Lipinski definition) is 4. The summed E-state index contributed by atoms with van der Waals surface area (Å²) in [6.07, 6.45) is -11.4. The average molecular weight is 603 g/mol. The fraction of sp³-hybridized carbons (Fsp3) is 0.552. The van der Waals surface area contributed by atoms with E-state index >= 15 is 8.78 Å². The molecular weight excluding hydrogens is 576 g/mol. The van der Waals surface area contributed by atoms with Gasteiger partial charge in [-0.1, -0.05) is 18.2 Å². The van der Waals surface area contributed by atoms with Crippen LogP contribution in [-0.4, -0.2) is 47.2 Å². The Morgan fingerprint density at radius 3 is 1.83 bits per heavy atom. The summed E-state index contributed by atoms with van der Waals surface area (Å²) in [5.41, 5.74) is -8.97. The maximum atomic E-state index is 16.4. The molecule has 0 spiro atoms. The smallest absolute Gasteiger partial charge is 0.346 e. The average Bonchev–Trinajstić information content (AvgIpc) is 3.22. The molecule has 5 nitrogen and oxygen atoms in total. The van der Waals surface area contributed by atoms with Crippen LogP contribution in [0.2, 0.25) is 0 Å². The Balaban J connectivity index is 1.47. The third kappa shape index (κ3) is 4.16. The first kappa shape index (κ1) is 29.0. The van der Waals surface area contributed by atoms with Crippen LogP contribution in [-0.2, 0) is 11.2 Å². The molecule has 5 aliphatic carbocycles. The molecule has 226 valence electrons. The largest absolute Gasteiger partial charge is 0.433 e. The monoisotopic (exact) mass is 602 g/mol. The molecule has 4 fully saturated rings. The van der Waals surface area contributed by atoms with Gasteiger partial charge in [-0.2, -0.15) is 35.1 Å². The Hall–Kier alpha value is -3.09. The number of alkyl halides is 8. The van der Waals surface area contributed by atoms with Crippen molar-refractivity contribution in [3.05, 3.63) is 63.2 Å². The van der Waals surface area contributed by atoms with E-state index in [-0.39, 0.29) is 60.3 Å². The van der Waals surface area contributed by atoms with E-state index in [1.165, 1.54) is 24.3 Å². The zero-order chi connectivity index (χ0) is 30.5. The highest BCUT2D eigenvalue weighted by molar-refractivity contribution is 6.07. The predicted molar refractivity (Wildman–Crippen MR) is 136 cm³/mol. The fourth-order valence-corrected chi connectivity index (χ4v) is 8.21. The fourth-order valence-electron chi connectivity index (χ4n) is 8.21. The summed E-state index contributed by atoms with van der Waals surface area (Å²) in [5, 5.41) is 11.3. The lowest BCUT2D eigenvalue weighted by atomic mass is 9.54. The van der Waals surface area contributed by atoms with E-state index in [0.717, 1.165) is 12.1 Å². The molecule has 2 aromatic rings. The van der Waals surface area contributed by atoms with Crippen LogP contribution in [0, 0.1) is 27.9 Å². The van der Waals surface area contributed by atoms with E-state index < -0.39 is 45.7 Å². The Labute approximate surface area is 235 Å². The number of nitrogens with zero attached hydrogens (tertiary/aromatic N) is 2. The molecule has 0 aromatic heterocycles. The second kappa shape index (κ2) is 9.20. The number of benzene rings is 2. The van der Waals surface area contributed by atoms with Gasteiger partial charge in [-0.15, -0.1) is 0 Å². The lowest BCUT2D eigenvalue weighted by molar-refractivity contribution is -0.448. The van der Waals surface area contributed by atoms with Crippen LogP contribution >= 0.6 is 0 Å². The van der Waals surface area contributed by atoms with Gasteiger partial charge in [0.2, 0.25) is 0 Å². The third-order valence-corrected chi connectivity index (χ3v) is 9.47. The third-order valence-electron chi connectivity index (χ3n) is 9.47. The van der Waals surface area contributed by atoms with Gasteiger partial charge in [-0.05, 0) is 91.0 Å². The zero-order valence-corrected chi connectivity index (χ0v) is 22.3. The van der Waals surface area contributed by atoms with Crippen molar-refractivity contribution in [1.29, 1.82) is 0 Å². The molecule has 0 atom stereocenters. The van der Waals surface area contributed by atoms with Crippen molar-refractivity contribution in [3.8, 4) is 11.1 Å².